The first-order valence-corrected chi connectivity index (χ1v) is 8.48. The average molecular weight is 319 g/mol. The van der Waals surface area contributed by atoms with Crippen molar-refractivity contribution in [2.45, 2.75) is 40.0 Å². The highest BCUT2D eigenvalue weighted by atomic mass is 16.1. The molecule has 0 atom stereocenters. The molecule has 3 aromatic rings. The predicted molar refractivity (Wildman–Crippen MR) is 94.2 cm³/mol. The van der Waals surface area contributed by atoms with Crippen molar-refractivity contribution in [1.82, 2.24) is 14.6 Å². The lowest BCUT2D eigenvalue weighted by molar-refractivity contribution is 0.0909. The van der Waals surface area contributed by atoms with Crippen LogP contribution in [0.15, 0.2) is 36.5 Å². The van der Waals surface area contributed by atoms with Crippen molar-refractivity contribution in [2.75, 3.05) is 0 Å². The van der Waals surface area contributed by atoms with Crippen molar-refractivity contribution < 1.29 is 4.79 Å². The first-order valence-electron chi connectivity index (χ1n) is 8.48. The molecular weight excluding hydrogens is 298 g/mol. The normalized spacial score (nSPS) is 16.4. The Morgan fingerprint density at radius 2 is 1.92 bits per heavy atom. The molecule has 0 amide bonds. The average Bonchev–Trinajstić information content (AvgIpc) is 2.90. The molecule has 122 valence electrons. The Labute approximate surface area is 141 Å². The monoisotopic (exact) mass is 319 g/mol. The van der Waals surface area contributed by atoms with E-state index in [9.17, 15) is 4.79 Å². The van der Waals surface area contributed by atoms with Crippen LogP contribution < -0.4 is 0 Å². The number of ketones is 1. The molecule has 4 rings (SSSR count). The molecule has 0 fully saturated rings. The fourth-order valence-electron chi connectivity index (χ4n) is 3.61. The van der Waals surface area contributed by atoms with Gasteiger partial charge in [-0.25, -0.2) is 9.50 Å². The van der Waals surface area contributed by atoms with E-state index >= 15 is 0 Å². The van der Waals surface area contributed by atoms with Crippen LogP contribution in [0.5, 0.6) is 0 Å². The van der Waals surface area contributed by atoms with Crippen molar-refractivity contribution in [3.8, 4) is 11.1 Å². The number of hydrogen-bond acceptors (Lipinski definition) is 3. The van der Waals surface area contributed by atoms with Gasteiger partial charge in [-0.05, 0) is 23.8 Å². The zero-order valence-electron chi connectivity index (χ0n) is 14.3. The molecule has 1 aliphatic carbocycles. The highest BCUT2D eigenvalue weighted by Gasteiger charge is 2.33. The van der Waals surface area contributed by atoms with Crippen molar-refractivity contribution in [1.29, 1.82) is 0 Å². The zero-order valence-corrected chi connectivity index (χ0v) is 14.3. The Morgan fingerprint density at radius 1 is 1.17 bits per heavy atom. The van der Waals surface area contributed by atoms with E-state index in [1.54, 1.807) is 4.52 Å². The SMILES string of the molecule is CCc1nn2cc3c(nc2c1-c1ccccc1)CC(C)(C)CC3=O. The van der Waals surface area contributed by atoms with Gasteiger partial charge in [-0.1, -0.05) is 51.1 Å². The van der Waals surface area contributed by atoms with Gasteiger partial charge >= 0.3 is 0 Å². The molecule has 2 heterocycles. The number of aryl methyl sites for hydroxylation is 1. The largest absolute Gasteiger partial charge is 0.294 e. The highest BCUT2D eigenvalue weighted by Crippen LogP contribution is 2.35. The van der Waals surface area contributed by atoms with Gasteiger partial charge in [0.25, 0.3) is 0 Å². The van der Waals surface area contributed by atoms with E-state index in [1.807, 2.05) is 24.4 Å². The third-order valence-electron chi connectivity index (χ3n) is 4.74. The summed E-state index contributed by atoms with van der Waals surface area (Å²) in [6.07, 6.45) is 4.10. The molecule has 0 unspecified atom stereocenters. The lowest BCUT2D eigenvalue weighted by Crippen LogP contribution is -2.28. The van der Waals surface area contributed by atoms with Crippen molar-refractivity contribution in [3.05, 3.63) is 53.5 Å². The summed E-state index contributed by atoms with van der Waals surface area (Å²) in [4.78, 5) is 17.4. The van der Waals surface area contributed by atoms with E-state index in [2.05, 4.69) is 38.0 Å². The second-order valence-electron chi connectivity index (χ2n) is 7.35. The summed E-state index contributed by atoms with van der Waals surface area (Å²) in [6, 6.07) is 10.3. The highest BCUT2D eigenvalue weighted by molar-refractivity contribution is 5.98. The summed E-state index contributed by atoms with van der Waals surface area (Å²) < 4.78 is 1.79. The van der Waals surface area contributed by atoms with E-state index in [0.29, 0.717) is 6.42 Å². The van der Waals surface area contributed by atoms with Crippen LogP contribution in [-0.4, -0.2) is 20.4 Å². The Balaban J connectivity index is 1.99. The summed E-state index contributed by atoms with van der Waals surface area (Å²) >= 11 is 0. The molecule has 0 saturated heterocycles. The fourth-order valence-corrected chi connectivity index (χ4v) is 3.61. The second-order valence-corrected chi connectivity index (χ2v) is 7.35. The maximum Gasteiger partial charge on any atom is 0.166 e. The molecular formula is C20H21N3O. The van der Waals surface area contributed by atoms with Crippen LogP contribution in [0, 0.1) is 5.41 Å². The molecule has 4 nitrogen and oxygen atoms in total. The van der Waals surface area contributed by atoms with E-state index in [0.717, 1.165) is 46.6 Å². The van der Waals surface area contributed by atoms with Crippen LogP contribution in [0.25, 0.3) is 16.8 Å². The number of fused-ring (bicyclic) bond motifs is 2. The van der Waals surface area contributed by atoms with Crippen LogP contribution in [0.4, 0.5) is 0 Å². The summed E-state index contributed by atoms with van der Waals surface area (Å²) in [5.41, 5.74) is 5.67. The van der Waals surface area contributed by atoms with E-state index in [1.165, 1.54) is 0 Å². The number of nitrogens with zero attached hydrogens (tertiary/aromatic N) is 3. The van der Waals surface area contributed by atoms with Crippen molar-refractivity contribution in [2.24, 2.45) is 5.41 Å². The quantitative estimate of drug-likeness (QED) is 0.714. The number of Topliss-reactive ketones (excluding diaryl/α,β-unsaturated/α-hetero) is 1. The van der Waals surface area contributed by atoms with Gasteiger partial charge in [0.15, 0.2) is 11.4 Å². The Hall–Kier alpha value is -2.49. The third-order valence-corrected chi connectivity index (χ3v) is 4.74. The van der Waals surface area contributed by atoms with Gasteiger partial charge < -0.3 is 0 Å². The van der Waals surface area contributed by atoms with Gasteiger partial charge in [0, 0.05) is 18.2 Å². The third kappa shape index (κ3) is 2.33. The zero-order chi connectivity index (χ0) is 16.9. The lowest BCUT2D eigenvalue weighted by atomic mass is 9.76. The molecule has 0 saturated carbocycles. The van der Waals surface area contributed by atoms with Crippen molar-refractivity contribution >= 4 is 11.4 Å². The van der Waals surface area contributed by atoms with Gasteiger partial charge in [-0.15, -0.1) is 0 Å². The molecule has 0 N–H and O–H groups in total. The molecule has 2 aromatic heterocycles. The Kier molecular flexibility index (Phi) is 3.30. The number of carbonyl (C=O) groups excluding carboxylic acids is 1. The molecule has 0 aliphatic heterocycles. The maximum absolute atomic E-state index is 12.5. The van der Waals surface area contributed by atoms with Gasteiger partial charge in [0.1, 0.15) is 0 Å². The van der Waals surface area contributed by atoms with E-state index in [4.69, 9.17) is 4.98 Å². The fraction of sp³-hybridized carbons (Fsp3) is 0.350. The Morgan fingerprint density at radius 3 is 2.62 bits per heavy atom. The molecule has 1 aliphatic rings. The number of carbonyl (C=O) groups is 1. The van der Waals surface area contributed by atoms with Gasteiger partial charge in [-0.3, -0.25) is 4.79 Å². The van der Waals surface area contributed by atoms with Crippen LogP contribution in [0.3, 0.4) is 0 Å². The molecule has 1 aromatic carbocycles. The topological polar surface area (TPSA) is 47.3 Å². The molecule has 0 radical (unpaired) electrons. The standard InChI is InChI=1S/C20H21N3O/c1-4-15-18(13-8-6-5-7-9-13)19-21-16-10-20(2,3)11-17(24)14(16)12-23(19)22-15/h5-9,12H,4,10-11H2,1-3H3. The van der Waals surface area contributed by atoms with Gasteiger partial charge in [-0.2, -0.15) is 5.10 Å². The van der Waals surface area contributed by atoms with Gasteiger partial charge in [0.05, 0.1) is 17.0 Å². The molecule has 24 heavy (non-hydrogen) atoms. The minimum Gasteiger partial charge on any atom is -0.294 e. The second kappa shape index (κ2) is 5.26. The van der Waals surface area contributed by atoms with Gasteiger partial charge in [0.2, 0.25) is 0 Å². The number of rotatable bonds is 2. The summed E-state index contributed by atoms with van der Waals surface area (Å²) in [5.74, 6) is 0.172. The summed E-state index contributed by atoms with van der Waals surface area (Å²) in [7, 11) is 0. The van der Waals surface area contributed by atoms with E-state index in [-0.39, 0.29) is 11.2 Å². The first-order chi connectivity index (χ1) is 11.5. The summed E-state index contributed by atoms with van der Waals surface area (Å²) in [6.45, 7) is 6.36. The van der Waals surface area contributed by atoms with Crippen LogP contribution in [0.1, 0.15) is 48.9 Å². The number of aromatic nitrogens is 3. The molecule has 4 heteroatoms. The number of benzene rings is 1. The van der Waals surface area contributed by atoms with Crippen molar-refractivity contribution in [3.63, 3.8) is 0 Å². The maximum atomic E-state index is 12.5. The first kappa shape index (κ1) is 15.1. The number of hydrogen-bond donors (Lipinski definition) is 0. The predicted octanol–water partition coefficient (Wildman–Crippen LogP) is 4.11. The van der Waals surface area contributed by atoms with E-state index < -0.39 is 0 Å². The smallest absolute Gasteiger partial charge is 0.166 e. The van der Waals surface area contributed by atoms with Crippen LogP contribution in [-0.2, 0) is 12.8 Å². The minimum atomic E-state index is -0.0318. The van der Waals surface area contributed by atoms with Crippen LogP contribution in [0.2, 0.25) is 0 Å². The molecule has 0 bridgehead atoms. The van der Waals surface area contributed by atoms with Crippen LogP contribution >= 0.6 is 0 Å². The molecule has 0 spiro atoms. The Bertz CT molecular complexity index is 938. The minimum absolute atomic E-state index is 0.0318. The summed E-state index contributed by atoms with van der Waals surface area (Å²) in [5, 5.41) is 4.69. The lowest BCUT2D eigenvalue weighted by Gasteiger charge is -2.29.